The zero-order chi connectivity index (χ0) is 21.6. The molecule has 2 aromatic carbocycles. The number of hydrogen-bond acceptors (Lipinski definition) is 5. The van der Waals surface area contributed by atoms with E-state index in [9.17, 15) is 9.59 Å². The Morgan fingerprint density at radius 3 is 2.41 bits per heavy atom. The third-order valence-electron chi connectivity index (χ3n) is 4.07. The topological polar surface area (TPSA) is 96.9 Å². The molecule has 0 aromatic heterocycles. The molecule has 156 valence electrons. The smallest absolute Gasteiger partial charge is 0.335 e. The zero-order valence-electron chi connectivity index (χ0n) is 17.5. The van der Waals surface area contributed by atoms with Gasteiger partial charge in [-0.15, -0.1) is 0 Å². The Morgan fingerprint density at radius 1 is 1.07 bits per heavy atom. The molecule has 7 heteroatoms. The van der Waals surface area contributed by atoms with Crippen LogP contribution in [0.15, 0.2) is 36.4 Å². The van der Waals surface area contributed by atoms with Crippen LogP contribution in [0.25, 0.3) is 0 Å². The van der Waals surface area contributed by atoms with Gasteiger partial charge < -0.3 is 25.2 Å². The van der Waals surface area contributed by atoms with Crippen LogP contribution in [0.3, 0.4) is 0 Å². The quantitative estimate of drug-likeness (QED) is 0.626. The number of carbonyl (C=O) groups excluding carboxylic acids is 1. The summed E-state index contributed by atoms with van der Waals surface area (Å²) in [7, 11) is 1.54. The molecule has 0 saturated heterocycles. The van der Waals surface area contributed by atoms with E-state index in [1.807, 2.05) is 39.8 Å². The standard InChI is InChI=1S/C22H28N2O5/c1-14-6-8-16(21(26)27)11-17(14)23-12-15-7-9-18(19(10-15)28-5)29-13-20(25)24-22(2,3)4/h6-11,23H,12-13H2,1-5H3,(H,24,25)(H,26,27). The first-order valence-electron chi connectivity index (χ1n) is 9.27. The number of benzene rings is 2. The Kier molecular flexibility index (Phi) is 7.09. The molecule has 0 unspecified atom stereocenters. The van der Waals surface area contributed by atoms with Crippen LogP contribution in [0, 0.1) is 6.92 Å². The zero-order valence-corrected chi connectivity index (χ0v) is 17.5. The Hall–Kier alpha value is -3.22. The van der Waals surface area contributed by atoms with E-state index in [0.717, 1.165) is 16.8 Å². The molecule has 7 nitrogen and oxygen atoms in total. The second-order valence-corrected chi connectivity index (χ2v) is 7.76. The minimum absolute atomic E-state index is 0.105. The highest BCUT2D eigenvalue weighted by Crippen LogP contribution is 2.28. The minimum Gasteiger partial charge on any atom is -0.493 e. The van der Waals surface area contributed by atoms with E-state index in [-0.39, 0.29) is 23.6 Å². The van der Waals surface area contributed by atoms with Crippen LogP contribution in [-0.2, 0) is 11.3 Å². The van der Waals surface area contributed by atoms with Crippen molar-refractivity contribution in [3.63, 3.8) is 0 Å². The van der Waals surface area contributed by atoms with Crippen molar-refractivity contribution in [3.8, 4) is 11.5 Å². The second-order valence-electron chi connectivity index (χ2n) is 7.76. The lowest BCUT2D eigenvalue weighted by molar-refractivity contribution is -0.124. The van der Waals surface area contributed by atoms with E-state index >= 15 is 0 Å². The third kappa shape index (κ3) is 6.71. The molecule has 2 rings (SSSR count). The van der Waals surface area contributed by atoms with Gasteiger partial charge >= 0.3 is 5.97 Å². The Balaban J connectivity index is 2.04. The molecule has 0 aliphatic heterocycles. The van der Waals surface area contributed by atoms with Crippen molar-refractivity contribution in [3.05, 3.63) is 53.1 Å². The van der Waals surface area contributed by atoms with Crippen LogP contribution in [0.5, 0.6) is 11.5 Å². The van der Waals surface area contributed by atoms with Crippen molar-refractivity contribution >= 4 is 17.6 Å². The van der Waals surface area contributed by atoms with Crippen LogP contribution >= 0.6 is 0 Å². The van der Waals surface area contributed by atoms with Crippen LogP contribution < -0.4 is 20.1 Å². The molecule has 0 spiro atoms. The first kappa shape index (κ1) is 22.1. The van der Waals surface area contributed by atoms with Gasteiger partial charge in [-0.1, -0.05) is 12.1 Å². The summed E-state index contributed by atoms with van der Waals surface area (Å²) in [4.78, 5) is 23.1. The Labute approximate surface area is 171 Å². The average molecular weight is 400 g/mol. The highest BCUT2D eigenvalue weighted by molar-refractivity contribution is 5.89. The number of carboxylic acids is 1. The molecule has 0 aliphatic carbocycles. The van der Waals surface area contributed by atoms with Gasteiger partial charge in [-0.25, -0.2) is 4.79 Å². The lowest BCUT2D eigenvalue weighted by Crippen LogP contribution is -2.43. The summed E-state index contributed by atoms with van der Waals surface area (Å²) < 4.78 is 11.0. The van der Waals surface area contributed by atoms with E-state index in [0.29, 0.717) is 18.0 Å². The fourth-order valence-corrected chi connectivity index (χ4v) is 2.68. The SMILES string of the molecule is COc1cc(CNc2cc(C(=O)O)ccc2C)ccc1OCC(=O)NC(C)(C)C. The molecule has 0 heterocycles. The summed E-state index contributed by atoms with van der Waals surface area (Å²) in [6.07, 6.45) is 0. The van der Waals surface area contributed by atoms with E-state index in [4.69, 9.17) is 14.6 Å². The van der Waals surface area contributed by atoms with E-state index in [1.54, 1.807) is 24.3 Å². The van der Waals surface area contributed by atoms with Gasteiger partial charge in [0.05, 0.1) is 12.7 Å². The third-order valence-corrected chi connectivity index (χ3v) is 4.07. The fourth-order valence-electron chi connectivity index (χ4n) is 2.68. The van der Waals surface area contributed by atoms with E-state index in [1.165, 1.54) is 7.11 Å². The molecule has 0 atom stereocenters. The van der Waals surface area contributed by atoms with Crippen molar-refractivity contribution in [2.24, 2.45) is 0 Å². The molecular formula is C22H28N2O5. The number of nitrogens with one attached hydrogen (secondary N) is 2. The monoisotopic (exact) mass is 400 g/mol. The predicted molar refractivity (Wildman–Crippen MR) is 112 cm³/mol. The molecule has 0 radical (unpaired) electrons. The molecule has 29 heavy (non-hydrogen) atoms. The number of aryl methyl sites for hydroxylation is 1. The number of ether oxygens (including phenoxy) is 2. The molecule has 0 saturated carbocycles. The summed E-state index contributed by atoms with van der Waals surface area (Å²) in [5, 5.41) is 15.2. The van der Waals surface area contributed by atoms with Gasteiger partial charge in [-0.05, 0) is 63.1 Å². The van der Waals surface area contributed by atoms with Crippen molar-refractivity contribution in [2.45, 2.75) is 39.8 Å². The minimum atomic E-state index is -0.966. The van der Waals surface area contributed by atoms with Crippen molar-refractivity contribution < 1.29 is 24.2 Å². The highest BCUT2D eigenvalue weighted by atomic mass is 16.5. The number of hydrogen-bond donors (Lipinski definition) is 3. The number of anilines is 1. The van der Waals surface area contributed by atoms with Crippen molar-refractivity contribution in [2.75, 3.05) is 19.0 Å². The first-order chi connectivity index (χ1) is 13.6. The van der Waals surface area contributed by atoms with Crippen molar-refractivity contribution in [1.82, 2.24) is 5.32 Å². The normalized spacial score (nSPS) is 10.9. The average Bonchev–Trinajstić information content (AvgIpc) is 2.64. The Morgan fingerprint density at radius 2 is 1.79 bits per heavy atom. The van der Waals surface area contributed by atoms with Crippen LogP contribution in [0.4, 0.5) is 5.69 Å². The van der Waals surface area contributed by atoms with Gasteiger partial charge in [0.1, 0.15) is 0 Å². The number of rotatable bonds is 8. The fraction of sp³-hybridized carbons (Fsp3) is 0.364. The van der Waals surface area contributed by atoms with Crippen molar-refractivity contribution in [1.29, 1.82) is 0 Å². The maximum Gasteiger partial charge on any atom is 0.335 e. The summed E-state index contributed by atoms with van der Waals surface area (Å²) in [6.45, 7) is 8.00. The van der Waals surface area contributed by atoms with Gasteiger partial charge in [0.25, 0.3) is 5.91 Å². The Bertz CT molecular complexity index is 887. The first-order valence-corrected chi connectivity index (χ1v) is 9.27. The summed E-state index contributed by atoms with van der Waals surface area (Å²) in [6, 6.07) is 10.4. The summed E-state index contributed by atoms with van der Waals surface area (Å²) in [5.41, 5.74) is 2.53. The second kappa shape index (κ2) is 9.32. The molecule has 0 aliphatic rings. The lowest BCUT2D eigenvalue weighted by Gasteiger charge is -2.20. The van der Waals surface area contributed by atoms with Gasteiger partial charge in [0.2, 0.25) is 0 Å². The molecule has 0 bridgehead atoms. The van der Waals surface area contributed by atoms with Crippen LogP contribution in [-0.4, -0.2) is 36.2 Å². The number of methoxy groups -OCH3 is 1. The van der Waals surface area contributed by atoms with Gasteiger partial charge in [-0.3, -0.25) is 4.79 Å². The van der Waals surface area contributed by atoms with Crippen LogP contribution in [0.1, 0.15) is 42.3 Å². The summed E-state index contributed by atoms with van der Waals surface area (Å²) in [5.74, 6) is -0.181. The van der Waals surface area contributed by atoms with Crippen LogP contribution in [0.2, 0.25) is 0 Å². The maximum atomic E-state index is 11.9. The van der Waals surface area contributed by atoms with E-state index < -0.39 is 5.97 Å². The predicted octanol–water partition coefficient (Wildman–Crippen LogP) is 3.61. The number of carboxylic acid groups (broad SMARTS) is 1. The summed E-state index contributed by atoms with van der Waals surface area (Å²) >= 11 is 0. The molecule has 0 fully saturated rings. The largest absolute Gasteiger partial charge is 0.493 e. The maximum absolute atomic E-state index is 11.9. The lowest BCUT2D eigenvalue weighted by atomic mass is 10.1. The molecule has 1 amide bonds. The number of carbonyl (C=O) groups is 2. The molecule has 3 N–H and O–H groups in total. The molecule has 2 aromatic rings. The van der Waals surface area contributed by atoms with Gasteiger partial charge in [0.15, 0.2) is 18.1 Å². The van der Waals surface area contributed by atoms with Gasteiger partial charge in [-0.2, -0.15) is 0 Å². The van der Waals surface area contributed by atoms with E-state index in [2.05, 4.69) is 10.6 Å². The molecular weight excluding hydrogens is 372 g/mol. The number of amides is 1. The van der Waals surface area contributed by atoms with Gasteiger partial charge in [0, 0.05) is 17.8 Å². The number of aromatic carboxylic acids is 1. The highest BCUT2D eigenvalue weighted by Gasteiger charge is 2.15.